The fourth-order valence-electron chi connectivity index (χ4n) is 3.17. The summed E-state index contributed by atoms with van der Waals surface area (Å²) in [6.45, 7) is 7.05. The number of thiazole rings is 1. The predicted octanol–water partition coefficient (Wildman–Crippen LogP) is 4.27. The first-order valence-electron chi connectivity index (χ1n) is 10.0. The van der Waals surface area contributed by atoms with Crippen molar-refractivity contribution in [1.82, 2.24) is 9.97 Å². The molecule has 0 saturated carbocycles. The van der Waals surface area contributed by atoms with Gasteiger partial charge in [-0.1, -0.05) is 6.07 Å². The predicted molar refractivity (Wildman–Crippen MR) is 118 cm³/mol. The van der Waals surface area contributed by atoms with Crippen LogP contribution in [0, 0.1) is 13.8 Å². The zero-order valence-corrected chi connectivity index (χ0v) is 19.1. The van der Waals surface area contributed by atoms with E-state index in [1.807, 2.05) is 5.38 Å². The lowest BCUT2D eigenvalue weighted by Gasteiger charge is -2.13. The second-order valence-corrected chi connectivity index (χ2v) is 7.77. The molecule has 1 N–H and O–H groups in total. The number of benzene rings is 1. The summed E-state index contributed by atoms with van der Waals surface area (Å²) in [5.41, 5.74) is 4.28. The van der Waals surface area contributed by atoms with Crippen molar-refractivity contribution >= 4 is 29.1 Å². The van der Waals surface area contributed by atoms with Gasteiger partial charge in [-0.05, 0) is 51.5 Å². The van der Waals surface area contributed by atoms with E-state index >= 15 is 0 Å². The topological polar surface area (TPSA) is 108 Å². The zero-order chi connectivity index (χ0) is 23.3. The Kier molecular flexibility index (Phi) is 7.42. The number of nitrogens with zero attached hydrogens (tertiary/aromatic N) is 1. The van der Waals surface area contributed by atoms with E-state index in [1.165, 1.54) is 18.3 Å². The third kappa shape index (κ3) is 5.23. The Bertz CT molecular complexity index is 1120. The smallest absolute Gasteiger partial charge is 0.340 e. The average molecular weight is 457 g/mol. The number of aromatic nitrogens is 2. The van der Waals surface area contributed by atoms with Gasteiger partial charge >= 0.3 is 11.9 Å². The normalized spacial score (nSPS) is 11.6. The number of ether oxygens (including phenoxy) is 3. The number of hydrogen-bond acceptors (Lipinski definition) is 8. The van der Waals surface area contributed by atoms with E-state index < -0.39 is 23.8 Å². The first-order chi connectivity index (χ1) is 15.3. The number of Topliss-reactive ketones (excluding diaryl/α,β-unsaturated/α-hetero) is 1. The lowest BCUT2D eigenvalue weighted by atomic mass is 10.1. The fourth-order valence-corrected chi connectivity index (χ4v) is 3.71. The molecule has 2 heterocycles. The lowest BCUT2D eigenvalue weighted by molar-refractivity contribution is 0.0316. The molecule has 0 radical (unpaired) electrons. The largest absolute Gasteiger partial charge is 0.487 e. The van der Waals surface area contributed by atoms with Gasteiger partial charge in [-0.15, -0.1) is 11.3 Å². The van der Waals surface area contributed by atoms with Crippen molar-refractivity contribution in [2.45, 2.75) is 40.4 Å². The molecule has 0 aliphatic heterocycles. The molecule has 3 aromatic rings. The Morgan fingerprint density at radius 3 is 2.66 bits per heavy atom. The number of rotatable bonds is 9. The molecule has 1 atom stereocenters. The number of ketones is 1. The number of nitrogens with one attached hydrogen (secondary N) is 1. The summed E-state index contributed by atoms with van der Waals surface area (Å²) in [6.07, 6.45) is -1.06. The molecular weight excluding hydrogens is 432 g/mol. The summed E-state index contributed by atoms with van der Waals surface area (Å²) < 4.78 is 16.1. The molecule has 168 valence electrons. The monoisotopic (exact) mass is 456 g/mol. The number of carbonyl (C=O) groups excluding carboxylic acids is 3. The molecule has 1 aromatic carbocycles. The highest BCUT2D eigenvalue weighted by Gasteiger charge is 2.27. The minimum atomic E-state index is -1.06. The molecule has 0 amide bonds. The summed E-state index contributed by atoms with van der Waals surface area (Å²) in [6, 6.07) is 6.52. The summed E-state index contributed by atoms with van der Waals surface area (Å²) in [4.78, 5) is 44.7. The maximum Gasteiger partial charge on any atom is 0.340 e. The molecule has 3 rings (SSSR count). The van der Waals surface area contributed by atoms with Crippen LogP contribution in [0.5, 0.6) is 5.75 Å². The van der Waals surface area contributed by atoms with Gasteiger partial charge in [-0.3, -0.25) is 4.79 Å². The Hall–Kier alpha value is -3.46. The third-order valence-electron chi connectivity index (χ3n) is 4.76. The maximum absolute atomic E-state index is 12.9. The van der Waals surface area contributed by atoms with Crippen molar-refractivity contribution in [2.75, 3.05) is 6.61 Å². The molecule has 0 aliphatic carbocycles. The first kappa shape index (κ1) is 23.2. The number of hydrogen-bond donors (Lipinski definition) is 1. The van der Waals surface area contributed by atoms with Crippen LogP contribution < -0.4 is 4.74 Å². The third-order valence-corrected chi connectivity index (χ3v) is 5.39. The van der Waals surface area contributed by atoms with Crippen LogP contribution in [0.3, 0.4) is 0 Å². The molecule has 0 saturated heterocycles. The number of esters is 2. The quantitative estimate of drug-likeness (QED) is 0.378. The number of aryl methyl sites for hydroxylation is 1. The van der Waals surface area contributed by atoms with Gasteiger partial charge < -0.3 is 19.2 Å². The number of aromatic amines is 1. The molecule has 8 nitrogen and oxygen atoms in total. The molecule has 0 unspecified atom stereocenters. The van der Waals surface area contributed by atoms with E-state index in [9.17, 15) is 14.4 Å². The highest BCUT2D eigenvalue weighted by Crippen LogP contribution is 2.22. The van der Waals surface area contributed by atoms with Crippen molar-refractivity contribution in [3.8, 4) is 5.75 Å². The van der Waals surface area contributed by atoms with Crippen LogP contribution in [0.25, 0.3) is 0 Å². The lowest BCUT2D eigenvalue weighted by Crippen LogP contribution is -2.25. The van der Waals surface area contributed by atoms with Crippen LogP contribution in [0.15, 0.2) is 35.2 Å². The Labute approximate surface area is 189 Å². The van der Waals surface area contributed by atoms with Crippen molar-refractivity contribution in [1.29, 1.82) is 0 Å². The van der Waals surface area contributed by atoms with Gasteiger partial charge in [0.15, 0.2) is 6.10 Å². The minimum Gasteiger partial charge on any atom is -0.487 e. The van der Waals surface area contributed by atoms with Gasteiger partial charge in [0.1, 0.15) is 12.4 Å². The van der Waals surface area contributed by atoms with Gasteiger partial charge in [0.2, 0.25) is 5.78 Å². The van der Waals surface area contributed by atoms with Crippen LogP contribution in [0.1, 0.15) is 62.0 Å². The van der Waals surface area contributed by atoms with Crippen molar-refractivity contribution in [3.05, 3.63) is 68.9 Å². The molecule has 9 heteroatoms. The summed E-state index contributed by atoms with van der Waals surface area (Å²) in [7, 11) is 0. The van der Waals surface area contributed by atoms with Crippen LogP contribution >= 0.6 is 11.3 Å². The van der Waals surface area contributed by atoms with Crippen LogP contribution in [-0.4, -0.2) is 40.4 Å². The van der Waals surface area contributed by atoms with Crippen LogP contribution in [0.4, 0.5) is 0 Å². The Morgan fingerprint density at radius 1 is 1.19 bits per heavy atom. The van der Waals surface area contributed by atoms with E-state index in [-0.39, 0.29) is 24.5 Å². The maximum atomic E-state index is 12.9. The first-order valence-corrected chi connectivity index (χ1v) is 11.0. The van der Waals surface area contributed by atoms with E-state index in [2.05, 4.69) is 9.97 Å². The summed E-state index contributed by atoms with van der Waals surface area (Å²) >= 11 is 1.47. The zero-order valence-electron chi connectivity index (χ0n) is 18.3. The number of H-pyrrole nitrogens is 1. The highest BCUT2D eigenvalue weighted by atomic mass is 32.1. The molecular formula is C23H24N2O6S. The molecule has 0 spiro atoms. The Balaban J connectivity index is 1.68. The SMILES string of the molecule is CCOC(=O)c1c(C)[nH]c(C(=O)[C@H](C)OC(=O)c2cccc(OCc3cscn3)c2)c1C. The van der Waals surface area contributed by atoms with Gasteiger partial charge in [0.25, 0.3) is 0 Å². The molecule has 0 fully saturated rings. The van der Waals surface area contributed by atoms with Gasteiger partial charge in [-0.25, -0.2) is 14.6 Å². The Morgan fingerprint density at radius 2 is 1.97 bits per heavy atom. The molecule has 0 bridgehead atoms. The van der Waals surface area contributed by atoms with E-state index in [1.54, 1.807) is 50.5 Å². The molecule has 2 aromatic heterocycles. The van der Waals surface area contributed by atoms with Crippen molar-refractivity contribution in [3.63, 3.8) is 0 Å². The fraction of sp³-hybridized carbons (Fsp3) is 0.304. The van der Waals surface area contributed by atoms with E-state index in [0.29, 0.717) is 22.6 Å². The molecule has 32 heavy (non-hydrogen) atoms. The minimum absolute atomic E-state index is 0.214. The second kappa shape index (κ2) is 10.2. The van der Waals surface area contributed by atoms with Gasteiger partial charge in [-0.2, -0.15) is 0 Å². The van der Waals surface area contributed by atoms with Crippen molar-refractivity contribution < 1.29 is 28.6 Å². The van der Waals surface area contributed by atoms with Gasteiger partial charge in [0, 0.05) is 11.1 Å². The highest BCUT2D eigenvalue weighted by molar-refractivity contribution is 7.07. The van der Waals surface area contributed by atoms with E-state index in [0.717, 1.165) is 5.69 Å². The van der Waals surface area contributed by atoms with Gasteiger partial charge in [0.05, 0.1) is 34.6 Å². The van der Waals surface area contributed by atoms with Crippen molar-refractivity contribution in [2.24, 2.45) is 0 Å². The molecule has 0 aliphatic rings. The van der Waals surface area contributed by atoms with Crippen LogP contribution in [0.2, 0.25) is 0 Å². The summed E-state index contributed by atoms with van der Waals surface area (Å²) in [5.74, 6) is -1.11. The van der Waals surface area contributed by atoms with E-state index in [4.69, 9.17) is 14.2 Å². The second-order valence-electron chi connectivity index (χ2n) is 7.05. The summed E-state index contributed by atoms with van der Waals surface area (Å²) in [5, 5.41) is 1.88. The standard InChI is InChI=1S/C23H24N2O6S/c1-5-29-23(28)19-13(2)20(25-14(19)3)21(26)15(4)31-22(27)16-7-6-8-18(9-16)30-10-17-11-32-12-24-17/h6-9,11-12,15,25H,5,10H2,1-4H3/t15-/m0/s1. The average Bonchev–Trinajstić information content (AvgIpc) is 3.39. The van der Waals surface area contributed by atoms with Crippen LogP contribution in [-0.2, 0) is 16.1 Å². The number of carbonyl (C=O) groups is 3.